The summed E-state index contributed by atoms with van der Waals surface area (Å²) in [6, 6.07) is 7.97. The number of aryl methyl sites for hydroxylation is 1. The van der Waals surface area contributed by atoms with Gasteiger partial charge in [0, 0.05) is 13.1 Å². The van der Waals surface area contributed by atoms with Crippen LogP contribution in [0.3, 0.4) is 0 Å². The highest BCUT2D eigenvalue weighted by Gasteiger charge is 2.28. The van der Waals surface area contributed by atoms with Crippen LogP contribution in [-0.2, 0) is 16.6 Å². The van der Waals surface area contributed by atoms with Gasteiger partial charge in [-0.2, -0.15) is 0 Å². The summed E-state index contributed by atoms with van der Waals surface area (Å²) in [5, 5.41) is 3.04. The third-order valence-electron chi connectivity index (χ3n) is 5.97. The van der Waals surface area contributed by atoms with E-state index in [1.165, 1.54) is 18.0 Å². The summed E-state index contributed by atoms with van der Waals surface area (Å²) in [4.78, 5) is 32.9. The summed E-state index contributed by atoms with van der Waals surface area (Å²) in [5.74, 6) is 0.447. The van der Waals surface area contributed by atoms with Crippen molar-refractivity contribution >= 4 is 35.2 Å². The molecule has 0 aliphatic carbocycles. The fraction of sp³-hybridized carbons (Fsp3) is 0.304. The molecule has 0 radical (unpaired) electrons. The van der Waals surface area contributed by atoms with Gasteiger partial charge >= 0.3 is 0 Å². The zero-order valence-electron chi connectivity index (χ0n) is 17.7. The Kier molecular flexibility index (Phi) is 5.81. The number of carbonyl (C=O) groups excluding carboxylic acids is 2. The highest BCUT2D eigenvalue weighted by atomic mass is 16.2. The van der Waals surface area contributed by atoms with E-state index in [0.717, 1.165) is 53.8 Å². The van der Waals surface area contributed by atoms with Gasteiger partial charge in [-0.05, 0) is 61.7 Å². The molecule has 2 amide bonds. The van der Waals surface area contributed by atoms with E-state index in [4.69, 9.17) is 5.73 Å². The number of rotatable bonds is 5. The smallest absolute Gasteiger partial charge is 0.250 e. The lowest BCUT2D eigenvalue weighted by Gasteiger charge is -2.29. The molecule has 1 aliphatic rings. The molecule has 1 aliphatic heterocycles. The quantitative estimate of drug-likeness (QED) is 0.487. The van der Waals surface area contributed by atoms with E-state index in [2.05, 4.69) is 31.8 Å². The number of hydrogen-bond acceptors (Lipinski definition) is 6. The Labute approximate surface area is 180 Å². The van der Waals surface area contributed by atoms with E-state index < -0.39 is 5.91 Å². The molecule has 1 fully saturated rings. The largest absolute Gasteiger partial charge is 0.383 e. The Morgan fingerprint density at radius 2 is 1.87 bits per heavy atom. The molecule has 8 nitrogen and oxygen atoms in total. The number of piperidine rings is 1. The second kappa shape index (κ2) is 8.69. The maximum absolute atomic E-state index is 11.5. The SMILES string of the molecule is CN1CCC(c2c(-c3ccc(C=CC(=O)NC=O)cc3)n(C)c3ncnc(N)c23)CC1. The van der Waals surface area contributed by atoms with Crippen molar-refractivity contribution in [2.75, 3.05) is 25.9 Å². The Balaban J connectivity index is 1.77. The first kappa shape index (κ1) is 20.7. The van der Waals surface area contributed by atoms with Crippen LogP contribution in [0.1, 0.15) is 29.9 Å². The zero-order chi connectivity index (χ0) is 22.0. The second-order valence-corrected chi connectivity index (χ2v) is 7.94. The number of nitrogens with two attached hydrogens (primary N) is 1. The highest BCUT2D eigenvalue weighted by Crippen LogP contribution is 2.42. The number of aromatic nitrogens is 3. The fourth-order valence-corrected chi connectivity index (χ4v) is 4.38. The molecular weight excluding hydrogens is 392 g/mol. The number of fused-ring (bicyclic) bond motifs is 1. The molecule has 31 heavy (non-hydrogen) atoms. The summed E-state index contributed by atoms with van der Waals surface area (Å²) in [6.45, 7) is 2.08. The molecule has 3 aromatic rings. The number of nitrogens with one attached hydrogen (secondary N) is 1. The van der Waals surface area contributed by atoms with E-state index in [1.807, 2.05) is 31.3 Å². The lowest BCUT2D eigenvalue weighted by Crippen LogP contribution is -2.29. The number of carbonyl (C=O) groups is 2. The van der Waals surface area contributed by atoms with Gasteiger partial charge in [0.1, 0.15) is 17.8 Å². The Morgan fingerprint density at radius 1 is 1.16 bits per heavy atom. The maximum atomic E-state index is 11.5. The molecule has 1 saturated heterocycles. The number of nitrogens with zero attached hydrogens (tertiary/aromatic N) is 4. The third-order valence-corrected chi connectivity index (χ3v) is 5.97. The molecule has 0 unspecified atom stereocenters. The third kappa shape index (κ3) is 4.06. The molecule has 2 aromatic heterocycles. The predicted octanol–water partition coefficient (Wildman–Crippen LogP) is 2.31. The summed E-state index contributed by atoms with van der Waals surface area (Å²) in [7, 11) is 4.17. The van der Waals surface area contributed by atoms with E-state index in [0.29, 0.717) is 18.1 Å². The molecule has 1 aromatic carbocycles. The number of nitrogen functional groups attached to an aromatic ring is 1. The Hall–Kier alpha value is -3.52. The van der Waals surface area contributed by atoms with Crippen molar-refractivity contribution in [1.82, 2.24) is 24.8 Å². The molecule has 0 atom stereocenters. The van der Waals surface area contributed by atoms with Gasteiger partial charge in [0.05, 0.1) is 11.1 Å². The zero-order valence-corrected chi connectivity index (χ0v) is 17.7. The number of anilines is 1. The number of hydrogen-bond donors (Lipinski definition) is 2. The van der Waals surface area contributed by atoms with Crippen molar-refractivity contribution in [3.05, 3.63) is 47.8 Å². The number of imide groups is 1. The van der Waals surface area contributed by atoms with Gasteiger partial charge in [-0.15, -0.1) is 0 Å². The van der Waals surface area contributed by atoms with E-state index in [9.17, 15) is 9.59 Å². The van der Waals surface area contributed by atoms with Crippen molar-refractivity contribution in [3.8, 4) is 11.3 Å². The van der Waals surface area contributed by atoms with Gasteiger partial charge < -0.3 is 15.2 Å². The fourth-order valence-electron chi connectivity index (χ4n) is 4.38. The number of amides is 2. The van der Waals surface area contributed by atoms with Crippen LogP contribution in [-0.4, -0.2) is 51.9 Å². The Bertz CT molecular complexity index is 1140. The topological polar surface area (TPSA) is 106 Å². The van der Waals surface area contributed by atoms with Crippen molar-refractivity contribution < 1.29 is 9.59 Å². The van der Waals surface area contributed by atoms with Crippen molar-refractivity contribution in [1.29, 1.82) is 0 Å². The summed E-state index contributed by atoms with van der Waals surface area (Å²) in [5.41, 5.74) is 11.4. The molecule has 0 saturated carbocycles. The number of likely N-dealkylation sites (tertiary alicyclic amines) is 1. The van der Waals surface area contributed by atoms with Crippen molar-refractivity contribution in [2.24, 2.45) is 7.05 Å². The van der Waals surface area contributed by atoms with Gasteiger partial charge in [0.15, 0.2) is 0 Å². The minimum Gasteiger partial charge on any atom is -0.383 e. The van der Waals surface area contributed by atoms with E-state index in [1.54, 1.807) is 6.08 Å². The van der Waals surface area contributed by atoms with Crippen LogP contribution >= 0.6 is 0 Å². The average molecular weight is 419 g/mol. The Morgan fingerprint density at radius 3 is 2.55 bits per heavy atom. The van der Waals surface area contributed by atoms with E-state index >= 15 is 0 Å². The first-order valence-corrected chi connectivity index (χ1v) is 10.3. The van der Waals surface area contributed by atoms with Crippen LogP contribution in [0.15, 0.2) is 36.7 Å². The van der Waals surface area contributed by atoms with Crippen LogP contribution in [0.4, 0.5) is 5.82 Å². The average Bonchev–Trinajstić information content (AvgIpc) is 3.07. The minimum absolute atomic E-state index is 0.370. The minimum atomic E-state index is -0.452. The summed E-state index contributed by atoms with van der Waals surface area (Å²) in [6.07, 6.45) is 7.01. The lowest BCUT2D eigenvalue weighted by molar-refractivity contribution is -0.121. The molecule has 0 bridgehead atoms. The van der Waals surface area contributed by atoms with Crippen LogP contribution in [0.25, 0.3) is 28.4 Å². The van der Waals surface area contributed by atoms with Crippen molar-refractivity contribution in [3.63, 3.8) is 0 Å². The number of benzene rings is 1. The molecule has 0 spiro atoms. The van der Waals surface area contributed by atoms with Crippen LogP contribution in [0, 0.1) is 0 Å². The van der Waals surface area contributed by atoms with Crippen molar-refractivity contribution in [2.45, 2.75) is 18.8 Å². The highest BCUT2D eigenvalue weighted by molar-refractivity contribution is 5.98. The van der Waals surface area contributed by atoms with Gasteiger partial charge in [0.25, 0.3) is 0 Å². The van der Waals surface area contributed by atoms with Gasteiger partial charge in [0.2, 0.25) is 12.3 Å². The predicted molar refractivity (Wildman–Crippen MR) is 121 cm³/mol. The summed E-state index contributed by atoms with van der Waals surface area (Å²) >= 11 is 0. The second-order valence-electron chi connectivity index (χ2n) is 7.94. The molecule has 4 rings (SSSR count). The van der Waals surface area contributed by atoms with Crippen LogP contribution < -0.4 is 11.1 Å². The normalized spacial score (nSPS) is 15.5. The monoisotopic (exact) mass is 418 g/mol. The first-order chi connectivity index (χ1) is 15.0. The molecule has 8 heteroatoms. The first-order valence-electron chi connectivity index (χ1n) is 10.3. The van der Waals surface area contributed by atoms with Gasteiger partial charge in [-0.1, -0.05) is 24.3 Å². The molecule has 3 heterocycles. The van der Waals surface area contributed by atoms with Gasteiger partial charge in [-0.25, -0.2) is 9.97 Å². The van der Waals surface area contributed by atoms with Crippen LogP contribution in [0.5, 0.6) is 0 Å². The molecule has 160 valence electrons. The van der Waals surface area contributed by atoms with Crippen LogP contribution in [0.2, 0.25) is 0 Å². The lowest BCUT2D eigenvalue weighted by atomic mass is 9.86. The van der Waals surface area contributed by atoms with E-state index in [-0.39, 0.29) is 0 Å². The molecule has 3 N–H and O–H groups in total. The summed E-state index contributed by atoms with van der Waals surface area (Å²) < 4.78 is 2.10. The maximum Gasteiger partial charge on any atom is 0.250 e. The molecular formula is C23H26N6O2. The standard InChI is InChI=1S/C23H26N6O2/c1-28-11-9-16(10-12-28)19-20-22(24)25-13-26-23(20)29(2)21(19)17-6-3-15(4-7-17)5-8-18(31)27-14-30/h3-8,13-14,16H,9-12H2,1-2H3,(H2,24,25,26)(H,27,30,31). The van der Waals surface area contributed by atoms with Gasteiger partial charge in [-0.3, -0.25) is 14.9 Å².